The van der Waals surface area contributed by atoms with Crippen molar-refractivity contribution in [1.82, 2.24) is 0 Å². The molecule has 0 unspecified atom stereocenters. The minimum Gasteiger partial charge on any atom is -0.399 e. The van der Waals surface area contributed by atoms with E-state index >= 15 is 0 Å². The number of nitrogen functional groups attached to an aromatic ring is 1. The summed E-state index contributed by atoms with van der Waals surface area (Å²) < 4.78 is 38.4. The standard InChI is InChI=1S/C12H17F3N2/c1-4-11(2,3)17-10-6-5-8(16)7-9(10)12(13,14)15/h5-7,17H,4,16H2,1-3H3. The third-order valence-electron chi connectivity index (χ3n) is 2.71. The number of nitrogens with one attached hydrogen (secondary N) is 1. The smallest absolute Gasteiger partial charge is 0.399 e. The van der Waals surface area contributed by atoms with E-state index in [-0.39, 0.29) is 11.4 Å². The van der Waals surface area contributed by atoms with Gasteiger partial charge in [-0.1, -0.05) is 6.92 Å². The molecule has 5 heteroatoms. The fraction of sp³-hybridized carbons (Fsp3) is 0.500. The maximum Gasteiger partial charge on any atom is 0.418 e. The van der Waals surface area contributed by atoms with Gasteiger partial charge in [-0.2, -0.15) is 13.2 Å². The first-order valence-corrected chi connectivity index (χ1v) is 5.40. The van der Waals surface area contributed by atoms with Gasteiger partial charge in [0.1, 0.15) is 0 Å². The third-order valence-corrected chi connectivity index (χ3v) is 2.71. The number of hydrogen-bond donors (Lipinski definition) is 2. The van der Waals surface area contributed by atoms with E-state index in [1.54, 1.807) is 0 Å². The Bertz CT molecular complexity index is 397. The van der Waals surface area contributed by atoms with Crippen LogP contribution in [0.5, 0.6) is 0 Å². The molecule has 0 amide bonds. The van der Waals surface area contributed by atoms with Gasteiger partial charge in [0.15, 0.2) is 0 Å². The van der Waals surface area contributed by atoms with E-state index in [0.717, 1.165) is 6.07 Å². The molecule has 0 saturated heterocycles. The summed E-state index contributed by atoms with van der Waals surface area (Å²) >= 11 is 0. The molecule has 0 radical (unpaired) electrons. The molecule has 0 spiro atoms. The zero-order chi connectivity index (χ0) is 13.3. The second-order valence-electron chi connectivity index (χ2n) is 4.67. The molecule has 0 bridgehead atoms. The molecule has 3 N–H and O–H groups in total. The van der Waals surface area contributed by atoms with Crippen molar-refractivity contribution < 1.29 is 13.2 Å². The van der Waals surface area contributed by atoms with E-state index in [4.69, 9.17) is 5.73 Å². The van der Waals surface area contributed by atoms with Crippen molar-refractivity contribution in [3.63, 3.8) is 0 Å². The van der Waals surface area contributed by atoms with Crippen molar-refractivity contribution in [2.75, 3.05) is 11.1 Å². The molecule has 1 rings (SSSR count). The van der Waals surface area contributed by atoms with Crippen LogP contribution in [0.15, 0.2) is 18.2 Å². The van der Waals surface area contributed by atoms with Gasteiger partial charge in [-0.25, -0.2) is 0 Å². The Balaban J connectivity index is 3.16. The molecule has 1 aromatic rings. The minimum absolute atomic E-state index is 0.0681. The Morgan fingerprint density at radius 2 is 1.82 bits per heavy atom. The van der Waals surface area contributed by atoms with Crippen LogP contribution in [-0.4, -0.2) is 5.54 Å². The molecule has 0 atom stereocenters. The van der Waals surface area contributed by atoms with Crippen molar-refractivity contribution in [1.29, 1.82) is 0 Å². The van der Waals surface area contributed by atoms with Crippen LogP contribution in [-0.2, 0) is 6.18 Å². The second-order valence-corrected chi connectivity index (χ2v) is 4.67. The molecule has 0 heterocycles. The molecule has 0 saturated carbocycles. The Morgan fingerprint density at radius 3 is 2.29 bits per heavy atom. The van der Waals surface area contributed by atoms with Crippen LogP contribution < -0.4 is 11.1 Å². The predicted octanol–water partition coefficient (Wildman–Crippen LogP) is 3.89. The summed E-state index contributed by atoms with van der Waals surface area (Å²) in [6.07, 6.45) is -3.68. The highest BCUT2D eigenvalue weighted by atomic mass is 19.4. The maximum atomic E-state index is 12.8. The van der Waals surface area contributed by atoms with E-state index < -0.39 is 17.3 Å². The van der Waals surface area contributed by atoms with Gasteiger partial charge in [-0.3, -0.25) is 0 Å². The number of anilines is 2. The summed E-state index contributed by atoms with van der Waals surface area (Å²) in [7, 11) is 0. The first kappa shape index (κ1) is 13.7. The fourth-order valence-corrected chi connectivity index (χ4v) is 1.36. The molecule has 17 heavy (non-hydrogen) atoms. The van der Waals surface area contributed by atoms with Crippen LogP contribution in [0.3, 0.4) is 0 Å². The first-order valence-electron chi connectivity index (χ1n) is 5.40. The van der Waals surface area contributed by atoms with E-state index in [1.165, 1.54) is 12.1 Å². The molecule has 0 aromatic heterocycles. The number of alkyl halides is 3. The number of nitrogens with two attached hydrogens (primary N) is 1. The lowest BCUT2D eigenvalue weighted by Gasteiger charge is -2.28. The molecule has 2 nitrogen and oxygen atoms in total. The highest BCUT2D eigenvalue weighted by molar-refractivity contribution is 5.60. The quantitative estimate of drug-likeness (QED) is 0.794. The van der Waals surface area contributed by atoms with Gasteiger partial charge in [0.05, 0.1) is 5.56 Å². The summed E-state index contributed by atoms with van der Waals surface area (Å²) in [5.41, 5.74) is 4.45. The Kier molecular flexibility index (Phi) is 3.59. The van der Waals surface area contributed by atoms with Crippen LogP contribution in [0, 0.1) is 0 Å². The van der Waals surface area contributed by atoms with Crippen molar-refractivity contribution >= 4 is 11.4 Å². The summed E-state index contributed by atoms with van der Waals surface area (Å²) in [5.74, 6) is 0. The zero-order valence-electron chi connectivity index (χ0n) is 10.2. The highest BCUT2D eigenvalue weighted by Gasteiger charge is 2.34. The van der Waals surface area contributed by atoms with Crippen LogP contribution >= 0.6 is 0 Å². The minimum atomic E-state index is -4.40. The average molecular weight is 246 g/mol. The lowest BCUT2D eigenvalue weighted by Crippen LogP contribution is -2.31. The van der Waals surface area contributed by atoms with Crippen LogP contribution in [0.1, 0.15) is 32.8 Å². The lowest BCUT2D eigenvalue weighted by molar-refractivity contribution is -0.136. The van der Waals surface area contributed by atoms with Gasteiger partial charge in [-0.05, 0) is 38.5 Å². The summed E-state index contributed by atoms with van der Waals surface area (Å²) in [6.45, 7) is 5.62. The van der Waals surface area contributed by atoms with E-state index in [0.29, 0.717) is 6.42 Å². The van der Waals surface area contributed by atoms with Crippen molar-refractivity contribution in [3.05, 3.63) is 23.8 Å². The number of benzene rings is 1. The van der Waals surface area contributed by atoms with Crippen LogP contribution in [0.25, 0.3) is 0 Å². The highest BCUT2D eigenvalue weighted by Crippen LogP contribution is 2.37. The second kappa shape index (κ2) is 4.47. The van der Waals surface area contributed by atoms with Crippen molar-refractivity contribution in [3.8, 4) is 0 Å². The largest absolute Gasteiger partial charge is 0.418 e. The monoisotopic (exact) mass is 246 g/mol. The molecule has 0 aliphatic rings. The van der Waals surface area contributed by atoms with Gasteiger partial charge in [0.2, 0.25) is 0 Å². The zero-order valence-corrected chi connectivity index (χ0v) is 10.2. The summed E-state index contributed by atoms with van der Waals surface area (Å²) in [6, 6.07) is 3.78. The first-order chi connectivity index (χ1) is 7.65. The Labute approximate surface area is 99.0 Å². The van der Waals surface area contributed by atoms with E-state index in [2.05, 4.69) is 5.32 Å². The maximum absolute atomic E-state index is 12.8. The Morgan fingerprint density at radius 1 is 1.24 bits per heavy atom. The lowest BCUT2D eigenvalue weighted by atomic mass is 10.0. The van der Waals surface area contributed by atoms with Crippen LogP contribution in [0.4, 0.5) is 24.5 Å². The summed E-state index contributed by atoms with van der Waals surface area (Å²) in [4.78, 5) is 0. The molecular weight excluding hydrogens is 229 g/mol. The molecule has 0 aliphatic heterocycles. The van der Waals surface area contributed by atoms with Gasteiger partial charge in [-0.15, -0.1) is 0 Å². The molecule has 96 valence electrons. The van der Waals surface area contributed by atoms with Gasteiger partial charge in [0.25, 0.3) is 0 Å². The van der Waals surface area contributed by atoms with E-state index in [9.17, 15) is 13.2 Å². The normalized spacial score (nSPS) is 12.6. The third kappa shape index (κ3) is 3.54. The predicted molar refractivity (Wildman–Crippen MR) is 63.8 cm³/mol. The topological polar surface area (TPSA) is 38.0 Å². The molecular formula is C12H17F3N2. The number of rotatable bonds is 3. The summed E-state index contributed by atoms with van der Waals surface area (Å²) in [5, 5.41) is 2.89. The SMILES string of the molecule is CCC(C)(C)Nc1ccc(N)cc1C(F)(F)F. The molecule has 0 aliphatic carbocycles. The van der Waals surface area contributed by atoms with E-state index in [1.807, 2.05) is 20.8 Å². The number of hydrogen-bond acceptors (Lipinski definition) is 2. The number of halogens is 3. The van der Waals surface area contributed by atoms with Crippen LogP contribution in [0.2, 0.25) is 0 Å². The van der Waals surface area contributed by atoms with Gasteiger partial charge < -0.3 is 11.1 Å². The van der Waals surface area contributed by atoms with Gasteiger partial charge >= 0.3 is 6.18 Å². The van der Waals surface area contributed by atoms with Crippen molar-refractivity contribution in [2.45, 2.75) is 38.9 Å². The van der Waals surface area contributed by atoms with Crippen molar-refractivity contribution in [2.24, 2.45) is 0 Å². The average Bonchev–Trinajstić information content (AvgIpc) is 2.19. The molecule has 1 aromatic carbocycles. The Hall–Kier alpha value is -1.39. The molecule has 0 fully saturated rings. The van der Waals surface area contributed by atoms with Gasteiger partial charge in [0, 0.05) is 16.9 Å². The fourth-order valence-electron chi connectivity index (χ4n) is 1.36.